The number of aromatic carboxylic acids is 1. The summed E-state index contributed by atoms with van der Waals surface area (Å²) in [5.41, 5.74) is 7.21. The van der Waals surface area contributed by atoms with Gasteiger partial charge in [-0.15, -0.1) is 0 Å². The van der Waals surface area contributed by atoms with E-state index in [0.29, 0.717) is 24.3 Å². The molecule has 0 bridgehead atoms. The van der Waals surface area contributed by atoms with Crippen molar-refractivity contribution in [2.75, 3.05) is 18.4 Å². The second kappa shape index (κ2) is 4.62. The molecule has 0 amide bonds. The maximum atomic E-state index is 10.9. The van der Waals surface area contributed by atoms with Gasteiger partial charge in [0, 0.05) is 13.1 Å². The first kappa shape index (κ1) is 10.5. The van der Waals surface area contributed by atoms with Crippen molar-refractivity contribution in [3.05, 3.63) is 29.3 Å². The quantitative estimate of drug-likeness (QED) is 0.670. The lowest BCUT2D eigenvalue weighted by atomic mass is 10.1. The van der Waals surface area contributed by atoms with Crippen molar-refractivity contribution < 1.29 is 9.90 Å². The molecule has 0 spiro atoms. The zero-order chi connectivity index (χ0) is 10.6. The minimum atomic E-state index is -0.923. The molecular weight excluding hydrogens is 180 g/mol. The molecule has 0 saturated carbocycles. The number of carboxylic acids is 1. The highest BCUT2D eigenvalue weighted by Gasteiger charge is 2.10. The van der Waals surface area contributed by atoms with Crippen LogP contribution in [0.3, 0.4) is 0 Å². The number of para-hydroxylation sites is 1. The van der Waals surface area contributed by atoms with Crippen molar-refractivity contribution in [3.8, 4) is 0 Å². The third kappa shape index (κ3) is 2.23. The lowest BCUT2D eigenvalue weighted by Gasteiger charge is -2.11. The SMILES string of the molecule is Cc1cccc(C(=O)O)c1NCCN. The van der Waals surface area contributed by atoms with Gasteiger partial charge < -0.3 is 16.2 Å². The summed E-state index contributed by atoms with van der Waals surface area (Å²) in [7, 11) is 0. The van der Waals surface area contributed by atoms with E-state index in [1.165, 1.54) is 0 Å². The molecule has 14 heavy (non-hydrogen) atoms. The molecule has 0 heterocycles. The molecule has 0 fully saturated rings. The van der Waals surface area contributed by atoms with Gasteiger partial charge in [0.1, 0.15) is 0 Å². The molecule has 1 aromatic carbocycles. The summed E-state index contributed by atoms with van der Waals surface area (Å²) in [6.45, 7) is 2.92. The number of nitrogens with two attached hydrogens (primary N) is 1. The second-order valence-electron chi connectivity index (χ2n) is 3.02. The van der Waals surface area contributed by atoms with Crippen molar-refractivity contribution >= 4 is 11.7 Å². The van der Waals surface area contributed by atoms with Crippen molar-refractivity contribution in [2.24, 2.45) is 5.73 Å². The van der Waals surface area contributed by atoms with E-state index < -0.39 is 5.97 Å². The van der Waals surface area contributed by atoms with Gasteiger partial charge in [-0.05, 0) is 18.6 Å². The van der Waals surface area contributed by atoms with Crippen LogP contribution in [0.25, 0.3) is 0 Å². The third-order valence-corrected chi connectivity index (χ3v) is 1.95. The number of aryl methyl sites for hydroxylation is 1. The predicted molar refractivity (Wildman–Crippen MR) is 55.7 cm³/mol. The Kier molecular flexibility index (Phi) is 3.48. The number of rotatable bonds is 4. The Morgan fingerprint density at radius 1 is 1.57 bits per heavy atom. The molecule has 4 heteroatoms. The van der Waals surface area contributed by atoms with Gasteiger partial charge in [0.05, 0.1) is 11.3 Å². The van der Waals surface area contributed by atoms with E-state index in [-0.39, 0.29) is 0 Å². The minimum absolute atomic E-state index is 0.290. The largest absolute Gasteiger partial charge is 0.478 e. The number of anilines is 1. The number of hydrogen-bond donors (Lipinski definition) is 3. The smallest absolute Gasteiger partial charge is 0.337 e. The van der Waals surface area contributed by atoms with Crippen LogP contribution in [0.1, 0.15) is 15.9 Å². The Morgan fingerprint density at radius 2 is 2.29 bits per heavy atom. The van der Waals surface area contributed by atoms with Gasteiger partial charge >= 0.3 is 5.97 Å². The maximum absolute atomic E-state index is 10.9. The van der Waals surface area contributed by atoms with Crippen molar-refractivity contribution in [2.45, 2.75) is 6.92 Å². The molecule has 0 unspecified atom stereocenters. The number of nitrogens with one attached hydrogen (secondary N) is 1. The van der Waals surface area contributed by atoms with Crippen LogP contribution in [-0.4, -0.2) is 24.2 Å². The fourth-order valence-electron chi connectivity index (χ4n) is 1.28. The number of hydrogen-bond acceptors (Lipinski definition) is 3. The molecule has 0 aliphatic carbocycles. The fraction of sp³-hybridized carbons (Fsp3) is 0.300. The third-order valence-electron chi connectivity index (χ3n) is 1.95. The standard InChI is InChI=1S/C10H14N2O2/c1-7-3-2-4-8(10(13)14)9(7)12-6-5-11/h2-4,12H,5-6,11H2,1H3,(H,13,14). The average molecular weight is 194 g/mol. The van der Waals surface area contributed by atoms with Crippen molar-refractivity contribution in [3.63, 3.8) is 0 Å². The molecule has 0 saturated heterocycles. The topological polar surface area (TPSA) is 75.3 Å². The maximum Gasteiger partial charge on any atom is 0.337 e. The first-order valence-electron chi connectivity index (χ1n) is 4.43. The van der Waals surface area contributed by atoms with E-state index >= 15 is 0 Å². The van der Waals surface area contributed by atoms with Crippen molar-refractivity contribution in [1.29, 1.82) is 0 Å². The summed E-state index contributed by atoms with van der Waals surface area (Å²) in [5, 5.41) is 11.9. The monoisotopic (exact) mass is 194 g/mol. The average Bonchev–Trinajstić information content (AvgIpc) is 2.15. The molecule has 1 aromatic rings. The van der Waals surface area contributed by atoms with Crippen molar-refractivity contribution in [1.82, 2.24) is 0 Å². The summed E-state index contributed by atoms with van der Waals surface area (Å²) in [6, 6.07) is 5.17. The lowest BCUT2D eigenvalue weighted by Crippen LogP contribution is -2.16. The van der Waals surface area contributed by atoms with Gasteiger partial charge in [-0.25, -0.2) is 4.79 Å². The van der Waals surface area contributed by atoms with E-state index in [1.807, 2.05) is 13.0 Å². The Morgan fingerprint density at radius 3 is 2.86 bits per heavy atom. The molecule has 4 N–H and O–H groups in total. The highest BCUT2D eigenvalue weighted by atomic mass is 16.4. The van der Waals surface area contributed by atoms with Gasteiger partial charge in [-0.2, -0.15) is 0 Å². The van der Waals surface area contributed by atoms with Gasteiger partial charge in [0.25, 0.3) is 0 Å². The second-order valence-corrected chi connectivity index (χ2v) is 3.02. The first-order chi connectivity index (χ1) is 6.66. The van der Waals surface area contributed by atoms with Crippen LogP contribution < -0.4 is 11.1 Å². The summed E-state index contributed by atoms with van der Waals surface area (Å²) in [6.07, 6.45) is 0. The normalized spacial score (nSPS) is 9.86. The van der Waals surface area contributed by atoms with Crippen LogP contribution in [-0.2, 0) is 0 Å². The molecule has 76 valence electrons. The first-order valence-corrected chi connectivity index (χ1v) is 4.43. The summed E-state index contributed by atoms with van der Waals surface area (Å²) >= 11 is 0. The molecule has 0 aromatic heterocycles. The Bertz CT molecular complexity index is 337. The summed E-state index contributed by atoms with van der Waals surface area (Å²) in [4.78, 5) is 10.9. The Labute approximate surface area is 82.7 Å². The molecule has 0 radical (unpaired) electrons. The molecule has 1 rings (SSSR count). The number of carbonyl (C=O) groups is 1. The van der Waals surface area contributed by atoms with Gasteiger partial charge in [-0.1, -0.05) is 12.1 Å². The van der Waals surface area contributed by atoms with Crippen LogP contribution in [0.5, 0.6) is 0 Å². The summed E-state index contributed by atoms with van der Waals surface area (Å²) in [5.74, 6) is -0.923. The van der Waals surface area contributed by atoms with Crippen LogP contribution in [0.15, 0.2) is 18.2 Å². The number of carboxylic acid groups (broad SMARTS) is 1. The Hall–Kier alpha value is -1.55. The molecule has 0 atom stereocenters. The molecule has 0 aliphatic rings. The van der Waals surface area contributed by atoms with E-state index in [0.717, 1.165) is 5.56 Å². The zero-order valence-electron chi connectivity index (χ0n) is 8.08. The summed E-state index contributed by atoms with van der Waals surface area (Å²) < 4.78 is 0. The van der Waals surface area contributed by atoms with Crippen LogP contribution in [0.4, 0.5) is 5.69 Å². The fourth-order valence-corrected chi connectivity index (χ4v) is 1.28. The van der Waals surface area contributed by atoms with E-state index in [4.69, 9.17) is 10.8 Å². The highest BCUT2D eigenvalue weighted by molar-refractivity contribution is 5.95. The van der Waals surface area contributed by atoms with Gasteiger partial charge in [0.15, 0.2) is 0 Å². The molecule has 0 aliphatic heterocycles. The Balaban J connectivity index is 3.02. The van der Waals surface area contributed by atoms with Crippen LogP contribution in [0.2, 0.25) is 0 Å². The highest BCUT2D eigenvalue weighted by Crippen LogP contribution is 2.19. The van der Waals surface area contributed by atoms with Crippen LogP contribution >= 0.6 is 0 Å². The predicted octanol–water partition coefficient (Wildman–Crippen LogP) is 1.06. The molecular formula is C10H14N2O2. The minimum Gasteiger partial charge on any atom is -0.478 e. The zero-order valence-corrected chi connectivity index (χ0v) is 8.08. The lowest BCUT2D eigenvalue weighted by molar-refractivity contribution is 0.0698. The van der Waals surface area contributed by atoms with Crippen LogP contribution in [0, 0.1) is 6.92 Å². The molecule has 4 nitrogen and oxygen atoms in total. The van der Waals surface area contributed by atoms with Gasteiger partial charge in [-0.3, -0.25) is 0 Å². The number of benzene rings is 1. The van der Waals surface area contributed by atoms with E-state index in [2.05, 4.69) is 5.32 Å². The van der Waals surface area contributed by atoms with Gasteiger partial charge in [0.2, 0.25) is 0 Å². The van der Waals surface area contributed by atoms with E-state index in [9.17, 15) is 4.79 Å². The van der Waals surface area contributed by atoms with E-state index in [1.54, 1.807) is 12.1 Å².